The molecule has 2 fully saturated rings. The van der Waals surface area contributed by atoms with E-state index in [0.717, 1.165) is 35.5 Å². The first-order chi connectivity index (χ1) is 16.2. The summed E-state index contributed by atoms with van der Waals surface area (Å²) in [5.41, 5.74) is 0.410. The maximum Gasteiger partial charge on any atom is 0.223 e. The normalized spacial score (nSPS) is 37.5. The Morgan fingerprint density at radius 2 is 1.94 bits per heavy atom. The first kappa shape index (κ1) is 28.0. The van der Waals surface area contributed by atoms with Crippen molar-refractivity contribution >= 4 is 29.1 Å². The molecule has 3 heterocycles. The van der Waals surface area contributed by atoms with Crippen LogP contribution >= 0.6 is 11.3 Å². The van der Waals surface area contributed by atoms with Crippen LogP contribution in [0.4, 0.5) is 0 Å². The zero-order chi connectivity index (χ0) is 26.1. The molecule has 0 unspecified atom stereocenters. The minimum absolute atomic E-state index is 0.0170. The highest BCUT2D eigenvalue weighted by Gasteiger charge is 2.52. The van der Waals surface area contributed by atoms with E-state index in [1.165, 1.54) is 0 Å². The van der Waals surface area contributed by atoms with Crippen LogP contribution in [0, 0.1) is 24.2 Å². The Morgan fingerprint density at radius 1 is 1.26 bits per heavy atom. The molecule has 2 aliphatic heterocycles. The number of aliphatic hydroxyl groups excluding tert-OH is 2. The lowest BCUT2D eigenvalue weighted by Crippen LogP contribution is -2.47. The first-order valence-electron chi connectivity index (χ1n) is 12.7. The topological polar surface area (TPSA) is 112 Å². The van der Waals surface area contributed by atoms with Crippen molar-refractivity contribution in [3.63, 3.8) is 0 Å². The van der Waals surface area contributed by atoms with E-state index in [9.17, 15) is 19.8 Å². The van der Waals surface area contributed by atoms with E-state index in [4.69, 9.17) is 4.74 Å². The molecule has 1 aromatic rings. The molecular weight excluding hydrogens is 464 g/mol. The number of ketones is 1. The fraction of sp³-hybridized carbons (Fsp3) is 0.741. The summed E-state index contributed by atoms with van der Waals surface area (Å²) >= 11 is 1.58. The van der Waals surface area contributed by atoms with Gasteiger partial charge in [-0.1, -0.05) is 34.1 Å². The number of aromatic nitrogens is 1. The van der Waals surface area contributed by atoms with E-state index < -0.39 is 23.5 Å². The Labute approximate surface area is 213 Å². The number of ether oxygens (including phenoxy) is 1. The number of hydrogen-bond acceptors (Lipinski definition) is 7. The number of carbonyl (C=O) groups excluding carboxylic acids is 2. The van der Waals surface area contributed by atoms with Crippen LogP contribution in [-0.4, -0.2) is 56.8 Å². The largest absolute Gasteiger partial charge is 0.392 e. The number of aliphatic hydroxyl groups is 2. The summed E-state index contributed by atoms with van der Waals surface area (Å²) < 4.78 is 6.10. The lowest BCUT2D eigenvalue weighted by atomic mass is 9.72. The smallest absolute Gasteiger partial charge is 0.223 e. The molecule has 0 radical (unpaired) electrons. The van der Waals surface area contributed by atoms with Gasteiger partial charge in [0.25, 0.3) is 0 Å². The van der Waals surface area contributed by atoms with Crippen molar-refractivity contribution in [3.8, 4) is 0 Å². The highest BCUT2D eigenvalue weighted by molar-refractivity contribution is 7.09. The number of hydrogen-bond donors (Lipinski definition) is 3. The summed E-state index contributed by atoms with van der Waals surface area (Å²) in [6.07, 6.45) is 2.99. The van der Waals surface area contributed by atoms with E-state index in [1.54, 1.807) is 32.1 Å². The lowest BCUT2D eigenvalue weighted by Gasteiger charge is -2.34. The standard InChI is InChI=1S/C27H42N2O5S/c1-15-9-8-10-27(7)22(34-27)12-20(16(2)11-19-14-35-18(4)28-19)29-23(31)13-21(30)26(5,6)25(33)17(3)24(15)32/h11,14-15,17,20-22,24,30,32H,8-10,12-13H2,1-7H3,(H,29,31)/b16-11+/t15-,17+,20-,21-,22-,24-,27+/m1/s1. The van der Waals surface area contributed by atoms with E-state index in [0.29, 0.717) is 6.42 Å². The molecule has 8 heteroatoms. The third kappa shape index (κ3) is 6.59. The number of aryl methyl sites for hydroxylation is 1. The summed E-state index contributed by atoms with van der Waals surface area (Å²) in [4.78, 5) is 30.8. The number of amides is 1. The molecule has 0 saturated carbocycles. The molecule has 2 aliphatic rings. The molecule has 3 N–H and O–H groups in total. The maximum absolute atomic E-state index is 13.2. The quantitative estimate of drug-likeness (QED) is 0.522. The number of rotatable bonds is 2. The molecule has 35 heavy (non-hydrogen) atoms. The van der Waals surface area contributed by atoms with Gasteiger partial charge in [-0.2, -0.15) is 0 Å². The fourth-order valence-electron chi connectivity index (χ4n) is 5.19. The first-order valence-corrected chi connectivity index (χ1v) is 13.6. The lowest BCUT2D eigenvalue weighted by molar-refractivity contribution is -0.143. The maximum atomic E-state index is 13.2. The van der Waals surface area contributed by atoms with E-state index >= 15 is 0 Å². The van der Waals surface area contributed by atoms with Crippen LogP contribution in [0.5, 0.6) is 0 Å². The Hall–Kier alpha value is -1.61. The van der Waals surface area contributed by atoms with Crippen molar-refractivity contribution in [2.75, 3.05) is 0 Å². The SMILES string of the molecule is C/C(=C\c1csc(C)n1)[C@H]1C[C@H]2O[C@@]2(C)CCC[C@@H](C)[C@@H](O)[C@H](C)C(=O)C(C)(C)[C@H](O)CC(=O)N1. The monoisotopic (exact) mass is 506 g/mol. The Balaban J connectivity index is 1.85. The van der Waals surface area contributed by atoms with Gasteiger partial charge in [0.15, 0.2) is 0 Å². The second kappa shape index (κ2) is 10.8. The third-order valence-electron chi connectivity index (χ3n) is 8.07. The van der Waals surface area contributed by atoms with Gasteiger partial charge in [-0.05, 0) is 51.2 Å². The highest BCUT2D eigenvalue weighted by Crippen LogP contribution is 2.44. The summed E-state index contributed by atoms with van der Waals surface area (Å²) in [7, 11) is 0. The zero-order valence-corrected chi connectivity index (χ0v) is 22.9. The van der Waals surface area contributed by atoms with Gasteiger partial charge < -0.3 is 20.3 Å². The van der Waals surface area contributed by atoms with Gasteiger partial charge in [0.2, 0.25) is 5.91 Å². The van der Waals surface area contributed by atoms with Crippen molar-refractivity contribution in [1.29, 1.82) is 0 Å². The predicted octanol–water partition coefficient (Wildman–Crippen LogP) is 4.05. The number of nitrogens with zero attached hydrogens (tertiary/aromatic N) is 1. The van der Waals surface area contributed by atoms with Crippen LogP contribution < -0.4 is 5.32 Å². The van der Waals surface area contributed by atoms with Gasteiger partial charge in [0.1, 0.15) is 5.78 Å². The molecular formula is C27H42N2O5S. The van der Waals surface area contributed by atoms with Crippen LogP contribution in [0.2, 0.25) is 0 Å². The molecule has 7 atom stereocenters. The summed E-state index contributed by atoms with van der Waals surface area (Å²) in [5, 5.41) is 27.8. The Bertz CT molecular complexity index is 957. The molecule has 1 aromatic heterocycles. The number of carbonyl (C=O) groups is 2. The second-order valence-electron chi connectivity index (χ2n) is 11.4. The van der Waals surface area contributed by atoms with E-state index in [-0.39, 0.29) is 41.8 Å². The molecule has 0 aliphatic carbocycles. The van der Waals surface area contributed by atoms with Crippen molar-refractivity contribution in [2.45, 2.75) is 111 Å². The molecule has 0 spiro atoms. The average molecular weight is 507 g/mol. The van der Waals surface area contributed by atoms with Crippen molar-refractivity contribution in [1.82, 2.24) is 10.3 Å². The van der Waals surface area contributed by atoms with Gasteiger partial charge in [0, 0.05) is 17.7 Å². The Morgan fingerprint density at radius 3 is 2.57 bits per heavy atom. The molecule has 2 saturated heterocycles. The number of thiazole rings is 1. The van der Waals surface area contributed by atoms with Crippen LogP contribution in [-0.2, 0) is 14.3 Å². The number of nitrogens with one attached hydrogen (secondary N) is 1. The molecule has 196 valence electrons. The van der Waals surface area contributed by atoms with Crippen LogP contribution in [0.1, 0.15) is 84.3 Å². The predicted molar refractivity (Wildman–Crippen MR) is 138 cm³/mol. The summed E-state index contributed by atoms with van der Waals surface area (Å²) in [6.45, 7) is 13.0. The van der Waals surface area contributed by atoms with Crippen LogP contribution in [0.15, 0.2) is 11.0 Å². The minimum Gasteiger partial charge on any atom is -0.392 e. The van der Waals surface area contributed by atoms with Gasteiger partial charge >= 0.3 is 0 Å². The highest BCUT2D eigenvalue weighted by atomic mass is 32.1. The van der Waals surface area contributed by atoms with Gasteiger partial charge in [-0.25, -0.2) is 4.98 Å². The van der Waals surface area contributed by atoms with Crippen molar-refractivity contribution < 1.29 is 24.5 Å². The van der Waals surface area contributed by atoms with Crippen molar-refractivity contribution in [3.05, 3.63) is 21.7 Å². The van der Waals surface area contributed by atoms with Crippen LogP contribution in [0.3, 0.4) is 0 Å². The Kier molecular flexibility index (Phi) is 8.62. The third-order valence-corrected chi connectivity index (χ3v) is 8.86. The van der Waals surface area contributed by atoms with Gasteiger partial charge in [-0.3, -0.25) is 9.59 Å². The minimum atomic E-state index is -1.17. The molecule has 0 aromatic carbocycles. The van der Waals surface area contributed by atoms with Crippen LogP contribution in [0.25, 0.3) is 6.08 Å². The van der Waals surface area contributed by atoms with E-state index in [2.05, 4.69) is 17.2 Å². The second-order valence-corrected chi connectivity index (χ2v) is 12.5. The molecule has 1 amide bonds. The number of fused-ring (bicyclic) bond motifs is 1. The van der Waals surface area contributed by atoms with E-state index in [1.807, 2.05) is 32.2 Å². The molecule has 0 bridgehead atoms. The van der Waals surface area contributed by atoms with Crippen molar-refractivity contribution in [2.24, 2.45) is 17.3 Å². The molecule has 3 rings (SSSR count). The molecule has 7 nitrogen and oxygen atoms in total. The van der Waals surface area contributed by atoms with Gasteiger partial charge in [-0.15, -0.1) is 11.3 Å². The fourth-order valence-corrected chi connectivity index (χ4v) is 5.76. The summed E-state index contributed by atoms with van der Waals surface area (Å²) in [6, 6.07) is -0.269. The number of Topliss-reactive ketones (excluding diaryl/α,β-unsaturated/α-hetero) is 1. The zero-order valence-electron chi connectivity index (χ0n) is 22.1. The average Bonchev–Trinajstić information content (AvgIpc) is 3.22. The van der Waals surface area contributed by atoms with Gasteiger partial charge in [0.05, 0.1) is 52.5 Å². The number of epoxide rings is 1. The summed E-state index contributed by atoms with van der Waals surface area (Å²) in [5.74, 6) is -1.24.